The number of hydrogen-bond donors (Lipinski definition) is 2. The Balaban J connectivity index is 1.90. The van der Waals surface area contributed by atoms with Crippen molar-refractivity contribution < 1.29 is 4.79 Å². The van der Waals surface area contributed by atoms with Gasteiger partial charge in [-0.25, -0.2) is 0 Å². The SMILES string of the molecule is CC(=O)NCCNCCCCc1ccccc1. The minimum atomic E-state index is 0.0378. The van der Waals surface area contributed by atoms with Crippen LogP contribution in [0.5, 0.6) is 0 Å². The maximum absolute atomic E-state index is 10.6. The summed E-state index contributed by atoms with van der Waals surface area (Å²) in [6.45, 7) is 4.13. The Morgan fingerprint density at radius 1 is 1.06 bits per heavy atom. The Hall–Kier alpha value is -1.35. The van der Waals surface area contributed by atoms with Crippen molar-refractivity contribution in [2.45, 2.75) is 26.2 Å². The molecule has 1 aromatic rings. The van der Waals surface area contributed by atoms with Crippen LogP contribution >= 0.6 is 0 Å². The van der Waals surface area contributed by atoms with Crippen LogP contribution in [0.3, 0.4) is 0 Å². The van der Waals surface area contributed by atoms with E-state index in [-0.39, 0.29) is 5.91 Å². The van der Waals surface area contributed by atoms with Crippen molar-refractivity contribution >= 4 is 5.91 Å². The topological polar surface area (TPSA) is 41.1 Å². The zero-order valence-corrected chi connectivity index (χ0v) is 10.5. The van der Waals surface area contributed by atoms with Crippen LogP contribution < -0.4 is 10.6 Å². The van der Waals surface area contributed by atoms with E-state index in [4.69, 9.17) is 0 Å². The van der Waals surface area contributed by atoms with Crippen molar-refractivity contribution in [2.24, 2.45) is 0 Å². The third-order valence-electron chi connectivity index (χ3n) is 2.59. The second kappa shape index (κ2) is 8.76. The Morgan fingerprint density at radius 3 is 2.53 bits per heavy atom. The molecule has 0 aliphatic carbocycles. The van der Waals surface area contributed by atoms with E-state index >= 15 is 0 Å². The molecule has 0 bridgehead atoms. The van der Waals surface area contributed by atoms with Gasteiger partial charge in [0.05, 0.1) is 0 Å². The van der Waals surface area contributed by atoms with Crippen molar-refractivity contribution in [3.63, 3.8) is 0 Å². The second-order valence-electron chi connectivity index (χ2n) is 4.18. The van der Waals surface area contributed by atoms with Crippen LogP contribution in [0.25, 0.3) is 0 Å². The molecule has 0 radical (unpaired) electrons. The molecule has 0 saturated heterocycles. The average molecular weight is 234 g/mol. The number of hydrogen-bond acceptors (Lipinski definition) is 2. The zero-order chi connectivity index (χ0) is 12.3. The first-order chi connectivity index (χ1) is 8.29. The summed E-state index contributed by atoms with van der Waals surface area (Å²) >= 11 is 0. The Bertz CT molecular complexity index is 311. The van der Waals surface area contributed by atoms with Crippen molar-refractivity contribution in [3.05, 3.63) is 35.9 Å². The molecule has 0 spiro atoms. The van der Waals surface area contributed by atoms with E-state index in [1.165, 1.54) is 18.4 Å². The molecule has 1 rings (SSSR count). The summed E-state index contributed by atoms with van der Waals surface area (Å²) in [6, 6.07) is 10.6. The molecule has 2 N–H and O–H groups in total. The van der Waals surface area contributed by atoms with E-state index in [0.717, 1.165) is 19.5 Å². The molecular formula is C14H22N2O. The average Bonchev–Trinajstić information content (AvgIpc) is 2.33. The second-order valence-corrected chi connectivity index (χ2v) is 4.18. The van der Waals surface area contributed by atoms with Gasteiger partial charge < -0.3 is 10.6 Å². The van der Waals surface area contributed by atoms with Crippen LogP contribution in [-0.4, -0.2) is 25.5 Å². The van der Waals surface area contributed by atoms with E-state index in [2.05, 4.69) is 34.9 Å². The highest BCUT2D eigenvalue weighted by Crippen LogP contribution is 2.03. The van der Waals surface area contributed by atoms with Gasteiger partial charge in [-0.15, -0.1) is 0 Å². The molecule has 3 nitrogen and oxygen atoms in total. The van der Waals surface area contributed by atoms with E-state index in [9.17, 15) is 4.79 Å². The quantitative estimate of drug-likeness (QED) is 0.673. The lowest BCUT2D eigenvalue weighted by molar-refractivity contribution is -0.118. The summed E-state index contributed by atoms with van der Waals surface area (Å²) in [5.41, 5.74) is 1.41. The maximum atomic E-state index is 10.6. The van der Waals surface area contributed by atoms with Gasteiger partial charge in [0.1, 0.15) is 0 Å². The van der Waals surface area contributed by atoms with Crippen molar-refractivity contribution in [3.8, 4) is 0 Å². The highest BCUT2D eigenvalue weighted by atomic mass is 16.1. The minimum Gasteiger partial charge on any atom is -0.355 e. The lowest BCUT2D eigenvalue weighted by Gasteiger charge is -2.05. The monoisotopic (exact) mass is 234 g/mol. The highest BCUT2D eigenvalue weighted by molar-refractivity contribution is 5.72. The van der Waals surface area contributed by atoms with Crippen molar-refractivity contribution in [1.82, 2.24) is 10.6 Å². The number of carbonyl (C=O) groups excluding carboxylic acids is 1. The van der Waals surface area contributed by atoms with Gasteiger partial charge in [-0.3, -0.25) is 4.79 Å². The van der Waals surface area contributed by atoms with Gasteiger partial charge in [0.15, 0.2) is 0 Å². The molecule has 1 aromatic carbocycles. The van der Waals surface area contributed by atoms with Crippen molar-refractivity contribution in [1.29, 1.82) is 0 Å². The molecule has 17 heavy (non-hydrogen) atoms. The molecule has 0 aliphatic rings. The molecule has 0 aromatic heterocycles. The smallest absolute Gasteiger partial charge is 0.216 e. The summed E-state index contributed by atoms with van der Waals surface area (Å²) in [6.07, 6.45) is 3.53. The predicted molar refractivity (Wildman–Crippen MR) is 70.9 cm³/mol. The molecule has 0 saturated carbocycles. The fourth-order valence-electron chi connectivity index (χ4n) is 1.68. The van der Waals surface area contributed by atoms with Gasteiger partial charge >= 0.3 is 0 Å². The van der Waals surface area contributed by atoms with Crippen LogP contribution in [-0.2, 0) is 11.2 Å². The molecular weight excluding hydrogens is 212 g/mol. The number of carbonyl (C=O) groups is 1. The Labute approximate surface area is 104 Å². The lowest BCUT2D eigenvalue weighted by Crippen LogP contribution is -2.30. The molecule has 3 heteroatoms. The summed E-state index contributed by atoms with van der Waals surface area (Å²) in [4.78, 5) is 10.6. The first kappa shape index (κ1) is 13.7. The fraction of sp³-hybridized carbons (Fsp3) is 0.500. The van der Waals surface area contributed by atoms with E-state index < -0.39 is 0 Å². The number of rotatable bonds is 8. The van der Waals surface area contributed by atoms with E-state index in [0.29, 0.717) is 6.54 Å². The van der Waals surface area contributed by atoms with Crippen LogP contribution in [0.1, 0.15) is 25.3 Å². The van der Waals surface area contributed by atoms with Gasteiger partial charge in [0.2, 0.25) is 5.91 Å². The van der Waals surface area contributed by atoms with Crippen LogP contribution in [0, 0.1) is 0 Å². The Kier molecular flexibility index (Phi) is 7.07. The van der Waals surface area contributed by atoms with E-state index in [1.54, 1.807) is 6.92 Å². The number of nitrogens with one attached hydrogen (secondary N) is 2. The standard InChI is InChI=1S/C14H22N2O/c1-13(17)16-12-11-15-10-6-5-9-14-7-3-2-4-8-14/h2-4,7-8,15H,5-6,9-12H2,1H3,(H,16,17). The summed E-state index contributed by atoms with van der Waals surface area (Å²) < 4.78 is 0. The number of benzene rings is 1. The van der Waals surface area contributed by atoms with Gasteiger partial charge in [-0.2, -0.15) is 0 Å². The number of amides is 1. The van der Waals surface area contributed by atoms with Gasteiger partial charge in [0.25, 0.3) is 0 Å². The van der Waals surface area contributed by atoms with Crippen molar-refractivity contribution in [2.75, 3.05) is 19.6 Å². The summed E-state index contributed by atoms with van der Waals surface area (Å²) in [7, 11) is 0. The fourth-order valence-corrected chi connectivity index (χ4v) is 1.68. The van der Waals surface area contributed by atoms with Crippen LogP contribution in [0.2, 0.25) is 0 Å². The predicted octanol–water partition coefficient (Wildman–Crippen LogP) is 1.73. The van der Waals surface area contributed by atoms with E-state index in [1.807, 2.05) is 6.07 Å². The first-order valence-electron chi connectivity index (χ1n) is 6.28. The molecule has 0 atom stereocenters. The zero-order valence-electron chi connectivity index (χ0n) is 10.5. The summed E-state index contributed by atoms with van der Waals surface area (Å²) in [5, 5.41) is 6.07. The first-order valence-corrected chi connectivity index (χ1v) is 6.28. The number of aryl methyl sites for hydroxylation is 1. The highest BCUT2D eigenvalue weighted by Gasteiger charge is 1.93. The lowest BCUT2D eigenvalue weighted by atomic mass is 10.1. The summed E-state index contributed by atoms with van der Waals surface area (Å²) in [5.74, 6) is 0.0378. The minimum absolute atomic E-state index is 0.0378. The Morgan fingerprint density at radius 2 is 1.82 bits per heavy atom. The van der Waals surface area contributed by atoms with Crippen LogP contribution in [0.4, 0.5) is 0 Å². The molecule has 0 aliphatic heterocycles. The van der Waals surface area contributed by atoms with Gasteiger partial charge in [-0.1, -0.05) is 30.3 Å². The van der Waals surface area contributed by atoms with Gasteiger partial charge in [0, 0.05) is 20.0 Å². The largest absolute Gasteiger partial charge is 0.355 e. The molecule has 94 valence electrons. The normalized spacial score (nSPS) is 10.2. The maximum Gasteiger partial charge on any atom is 0.216 e. The molecule has 0 heterocycles. The molecule has 0 unspecified atom stereocenters. The molecule has 1 amide bonds. The van der Waals surface area contributed by atoms with Gasteiger partial charge in [-0.05, 0) is 31.4 Å². The number of unbranched alkanes of at least 4 members (excludes halogenated alkanes) is 1. The van der Waals surface area contributed by atoms with Crippen LogP contribution in [0.15, 0.2) is 30.3 Å². The molecule has 0 fully saturated rings. The third-order valence-corrected chi connectivity index (χ3v) is 2.59. The third kappa shape index (κ3) is 7.53.